The number of hydrogen-bond acceptors (Lipinski definition) is 14. The summed E-state index contributed by atoms with van der Waals surface area (Å²) in [5.74, 6) is -1.04. The van der Waals surface area contributed by atoms with E-state index in [-0.39, 0.29) is 43.5 Å². The summed E-state index contributed by atoms with van der Waals surface area (Å²) in [6.07, 6.45) is 4.80. The van der Waals surface area contributed by atoms with Crippen LogP contribution in [0.4, 0.5) is 20.4 Å². The number of nitriles is 1. The van der Waals surface area contributed by atoms with Gasteiger partial charge in [0.1, 0.15) is 5.75 Å². The van der Waals surface area contributed by atoms with E-state index in [4.69, 9.17) is 28.3 Å². The fraction of sp³-hybridized carbons (Fsp3) is 0.320. The Labute approximate surface area is 487 Å². The molecule has 1 saturated carbocycles. The fourth-order valence-electron chi connectivity index (χ4n) is 7.90. The molecule has 4 aromatic carbocycles. The van der Waals surface area contributed by atoms with Gasteiger partial charge in [0.15, 0.2) is 0 Å². The molecule has 1 unspecified atom stereocenters. The maximum atomic E-state index is 12.7. The third kappa shape index (κ3) is 17.8. The lowest BCUT2D eigenvalue weighted by Gasteiger charge is -2.26. The molecule has 1 aliphatic heterocycles. The highest BCUT2D eigenvalue weighted by Gasteiger charge is 2.31. The van der Waals surface area contributed by atoms with Gasteiger partial charge in [0.05, 0.1) is 32.6 Å². The molecule has 20 nitrogen and oxygen atoms in total. The van der Waals surface area contributed by atoms with E-state index in [1.165, 1.54) is 24.0 Å². The first-order valence-corrected chi connectivity index (χ1v) is 30.3. The van der Waals surface area contributed by atoms with Gasteiger partial charge in [-0.2, -0.15) is 5.26 Å². The van der Waals surface area contributed by atoms with Crippen molar-refractivity contribution in [3.63, 3.8) is 0 Å². The number of aromatic nitrogens is 2. The number of rotatable bonds is 13. The lowest BCUT2D eigenvalue weighted by atomic mass is 9.87. The minimum Gasteiger partial charge on any atom is -0.506 e. The van der Waals surface area contributed by atoms with E-state index in [0.29, 0.717) is 73.6 Å². The van der Waals surface area contributed by atoms with Crippen LogP contribution < -0.4 is 31.1 Å². The second-order valence-electron chi connectivity index (χ2n) is 17.8. The van der Waals surface area contributed by atoms with Gasteiger partial charge in [-0.15, -0.1) is 10.2 Å². The van der Waals surface area contributed by atoms with Gasteiger partial charge >= 0.3 is 12.1 Å². The predicted octanol–water partition coefficient (Wildman–Crippen LogP) is 9.34. The number of phenolic OH excluding ortho intramolecular Hbond substituents is 1. The zero-order valence-corrected chi connectivity index (χ0v) is 50.3. The van der Waals surface area contributed by atoms with E-state index < -0.39 is 43.9 Å². The lowest BCUT2D eigenvalue weighted by Crippen LogP contribution is -2.45. The average Bonchev–Trinajstić information content (AvgIpc) is 3.96. The van der Waals surface area contributed by atoms with Crippen molar-refractivity contribution in [3.05, 3.63) is 129 Å². The van der Waals surface area contributed by atoms with Crippen LogP contribution in [0.2, 0.25) is 10.0 Å². The third-order valence-corrected chi connectivity index (χ3v) is 17.5. The zero-order valence-electron chi connectivity index (χ0n) is 42.0. The Hall–Kier alpha value is -5.48. The van der Waals surface area contributed by atoms with Crippen molar-refractivity contribution in [2.75, 3.05) is 23.7 Å². The molecule has 77 heavy (non-hydrogen) atoms. The molecule has 0 saturated heterocycles. The number of sulfonamides is 2. The van der Waals surface area contributed by atoms with E-state index in [1.54, 1.807) is 60.7 Å². The minimum absolute atomic E-state index is 0.00639. The second kappa shape index (κ2) is 27.9. The van der Waals surface area contributed by atoms with Crippen molar-refractivity contribution in [3.8, 4) is 11.8 Å². The van der Waals surface area contributed by atoms with Crippen LogP contribution in [0.1, 0.15) is 98.3 Å². The van der Waals surface area contributed by atoms with Crippen LogP contribution in [-0.2, 0) is 36.1 Å². The van der Waals surface area contributed by atoms with Crippen molar-refractivity contribution in [2.24, 2.45) is 11.1 Å². The van der Waals surface area contributed by atoms with Crippen molar-refractivity contribution in [1.82, 2.24) is 30.5 Å². The number of halogens is 4. The molecule has 1 atom stereocenters. The summed E-state index contributed by atoms with van der Waals surface area (Å²) >= 11 is 17.2. The molecule has 1 aromatic heterocycles. The Balaban J connectivity index is 0.000000232. The molecule has 1 fully saturated rings. The van der Waals surface area contributed by atoms with Crippen LogP contribution in [-0.4, -0.2) is 86.0 Å². The first-order valence-electron chi connectivity index (χ1n) is 23.5. The molecule has 2 heterocycles. The first kappa shape index (κ1) is 62.4. The number of imide groups is 1. The highest BCUT2D eigenvalue weighted by atomic mass is 127. The average molecular weight is 1380 g/mol. The number of nitrogens with zero attached hydrogens (tertiary/aromatic N) is 4. The highest BCUT2D eigenvalue weighted by Crippen LogP contribution is 2.35. The molecule has 7 rings (SSSR count). The molecule has 410 valence electrons. The highest BCUT2D eigenvalue weighted by molar-refractivity contribution is 14.1. The van der Waals surface area contributed by atoms with Gasteiger partial charge in [-0.25, -0.2) is 36.3 Å². The van der Waals surface area contributed by atoms with Crippen LogP contribution >= 0.6 is 79.7 Å². The summed E-state index contributed by atoms with van der Waals surface area (Å²) in [5, 5.41) is 43.0. The van der Waals surface area contributed by atoms with Crippen molar-refractivity contribution >= 4 is 140 Å². The van der Waals surface area contributed by atoms with Crippen LogP contribution in [0.25, 0.3) is 0 Å². The van der Waals surface area contributed by atoms with E-state index in [2.05, 4.69) is 71.8 Å². The van der Waals surface area contributed by atoms with Gasteiger partial charge in [-0.3, -0.25) is 19.3 Å². The smallest absolute Gasteiger partial charge is 0.328 e. The lowest BCUT2D eigenvalue weighted by molar-refractivity contribution is -0.123. The number of phenols is 1. The van der Waals surface area contributed by atoms with Gasteiger partial charge in [-0.1, -0.05) is 78.7 Å². The van der Waals surface area contributed by atoms with Crippen LogP contribution in [0.15, 0.2) is 93.2 Å². The van der Waals surface area contributed by atoms with Gasteiger partial charge in [0, 0.05) is 44.4 Å². The number of anilines is 2. The number of benzene rings is 4. The van der Waals surface area contributed by atoms with E-state index in [9.17, 15) is 51.2 Å². The summed E-state index contributed by atoms with van der Waals surface area (Å²) in [6.45, 7) is 9.63. The fourth-order valence-corrected chi connectivity index (χ4v) is 12.4. The summed E-state index contributed by atoms with van der Waals surface area (Å²) < 4.78 is 49.7. The summed E-state index contributed by atoms with van der Waals surface area (Å²) in [7, 11) is -7.81. The maximum absolute atomic E-state index is 12.7. The normalized spacial score (nSPS) is 15.6. The first-order chi connectivity index (χ1) is 36.2. The molecule has 0 bridgehead atoms. The SMILES string of the molecule is CC(=O)Nc1nnc(S(N)(=O)=O)s1.CCC1=C(C)CN(C(=O)NCCc2ccc(S(=O)(=O)NC(=O)NC3CCC(C)CC3)cc2)C1=O.Cc1cc(C(C#N)c2ccc(Cl)cc2)c(Cl)cc1NC(=O)c1cc(I)cc(I)c1O. The van der Waals surface area contributed by atoms with Gasteiger partial charge in [0.25, 0.3) is 31.9 Å². The summed E-state index contributed by atoms with van der Waals surface area (Å²) in [4.78, 5) is 61.2. The standard InChI is InChI=1S/C24H34N4O5S.C22H14Cl2I2N2O2.C4H6N4O3S2/c1-4-21-17(3)15-28(22(21)29)24(31)25-14-13-18-7-11-20(12-8-18)34(32,33)27-23(30)26-19-9-5-16(2)6-10-19;1-11-6-15(17(10-27)12-2-4-13(23)5-3-12)18(24)9-20(11)28-22(30)16-7-14(25)8-19(26)21(16)29;1-2(9)6-3-7-8-4(12-3)13(5,10)11/h7-8,11-12,16,19H,4-6,9-10,13-15H2,1-3H3,(H,25,31)(H2,26,27,30);2-9,17,29H,1H3,(H,28,30);1H3,(H2,5,10,11)(H,6,7,9). The van der Waals surface area contributed by atoms with Gasteiger partial charge in [-0.05, 0) is 174 Å². The van der Waals surface area contributed by atoms with Crippen molar-refractivity contribution in [1.29, 1.82) is 5.26 Å². The zero-order chi connectivity index (χ0) is 56.9. The quantitative estimate of drug-likeness (QED) is 0.0427. The second-order valence-corrected chi connectivity index (χ2v) is 25.5. The maximum Gasteiger partial charge on any atom is 0.328 e. The predicted molar refractivity (Wildman–Crippen MR) is 311 cm³/mol. The van der Waals surface area contributed by atoms with Gasteiger partial charge in [0.2, 0.25) is 15.4 Å². The van der Waals surface area contributed by atoms with Crippen LogP contribution in [0, 0.1) is 31.3 Å². The van der Waals surface area contributed by atoms with E-state index in [1.807, 2.05) is 43.4 Å². The molecule has 27 heteroatoms. The molecule has 8 N–H and O–H groups in total. The van der Waals surface area contributed by atoms with E-state index >= 15 is 0 Å². The number of hydrogen-bond donors (Lipinski definition) is 7. The number of carbonyl (C=O) groups excluding carboxylic acids is 5. The number of aromatic hydroxyl groups is 1. The number of aryl methyl sites for hydroxylation is 1. The van der Waals surface area contributed by atoms with Gasteiger partial charge < -0.3 is 26.4 Å². The van der Waals surface area contributed by atoms with Crippen LogP contribution in [0.3, 0.4) is 0 Å². The van der Waals surface area contributed by atoms with Crippen molar-refractivity contribution in [2.45, 2.75) is 94.3 Å². The number of primary sulfonamides is 1. The molecule has 2 aliphatic rings. The van der Waals surface area contributed by atoms with Crippen LogP contribution in [0.5, 0.6) is 5.75 Å². The Morgan fingerprint density at radius 2 is 1.60 bits per heavy atom. The molecule has 0 radical (unpaired) electrons. The Bertz CT molecular complexity index is 3330. The minimum atomic E-state index is -3.98. The Morgan fingerprint density at radius 3 is 2.17 bits per heavy atom. The van der Waals surface area contributed by atoms with E-state index in [0.717, 1.165) is 51.5 Å². The Kier molecular flexibility index (Phi) is 22.6. The van der Waals surface area contributed by atoms with Crippen molar-refractivity contribution < 1.29 is 45.9 Å². The number of amides is 7. The monoisotopic (exact) mass is 1370 g/mol. The number of urea groups is 2. The topological polar surface area (TPSA) is 313 Å². The molecule has 0 spiro atoms. The molecule has 5 aromatic rings. The number of nitrogens with two attached hydrogens (primary N) is 1. The Morgan fingerprint density at radius 1 is 0.948 bits per heavy atom. The molecule has 1 aliphatic carbocycles. The molecular formula is C50H54Cl2I2N10O10S3. The molecule has 7 amide bonds. The number of carbonyl (C=O) groups is 5. The number of nitrogens with one attached hydrogen (secondary N) is 5. The largest absolute Gasteiger partial charge is 0.506 e. The third-order valence-electron chi connectivity index (χ3n) is 12.0. The summed E-state index contributed by atoms with van der Waals surface area (Å²) in [6, 6.07) is 21.1. The summed E-state index contributed by atoms with van der Waals surface area (Å²) in [5.41, 5.74) is 5.27. The molecular weight excluding hydrogens is 1320 g/mol.